The number of pyridine rings is 1. The maximum atomic E-state index is 11.9. The Morgan fingerprint density at radius 2 is 2.00 bits per heavy atom. The number of nitrogens with one attached hydrogen (secondary N) is 1. The van der Waals surface area contributed by atoms with Crippen LogP contribution in [0.1, 0.15) is 23.3 Å². The lowest BCUT2D eigenvalue weighted by Gasteiger charge is -2.08. The number of alkyl halides is 3. The van der Waals surface area contributed by atoms with Gasteiger partial charge >= 0.3 is 6.18 Å². The Balaban J connectivity index is 2.48. The number of hydrogen-bond donors (Lipinski definition) is 1. The zero-order valence-electron chi connectivity index (χ0n) is 9.02. The molecule has 1 aromatic heterocycles. The summed E-state index contributed by atoms with van der Waals surface area (Å²) in [5.74, 6) is -0.648. The average molecular weight is 301 g/mol. The van der Waals surface area contributed by atoms with E-state index in [1.54, 1.807) is 0 Å². The molecular formula is C10H9Cl2F3N2O. The minimum atomic E-state index is -4.23. The quantitative estimate of drug-likeness (QED) is 0.683. The number of halogens is 5. The average Bonchev–Trinajstić information content (AvgIpc) is 2.26. The van der Waals surface area contributed by atoms with Gasteiger partial charge in [-0.2, -0.15) is 13.2 Å². The fourth-order valence-electron chi connectivity index (χ4n) is 1.15. The van der Waals surface area contributed by atoms with Gasteiger partial charge in [-0.3, -0.25) is 4.79 Å². The van der Waals surface area contributed by atoms with Gasteiger partial charge in [0.15, 0.2) is 0 Å². The summed E-state index contributed by atoms with van der Waals surface area (Å²) in [6.45, 7) is -0.108. The summed E-state index contributed by atoms with van der Waals surface area (Å²) in [5, 5.41) is 2.47. The van der Waals surface area contributed by atoms with Crippen molar-refractivity contribution in [1.82, 2.24) is 10.3 Å². The van der Waals surface area contributed by atoms with E-state index in [1.807, 2.05) is 0 Å². The highest BCUT2D eigenvalue weighted by Gasteiger charge is 2.26. The van der Waals surface area contributed by atoms with Crippen molar-refractivity contribution in [3.63, 3.8) is 0 Å². The molecule has 1 N–H and O–H groups in total. The summed E-state index contributed by atoms with van der Waals surface area (Å²) < 4.78 is 35.6. The van der Waals surface area contributed by atoms with Crippen LogP contribution in [0.2, 0.25) is 10.2 Å². The van der Waals surface area contributed by atoms with Gasteiger partial charge in [-0.1, -0.05) is 23.2 Å². The number of carbonyl (C=O) groups is 1. The highest BCUT2D eigenvalue weighted by molar-refractivity contribution is 6.34. The number of carbonyl (C=O) groups excluding carboxylic acids is 1. The first-order valence-corrected chi connectivity index (χ1v) is 5.72. The summed E-state index contributed by atoms with van der Waals surface area (Å²) >= 11 is 11.3. The van der Waals surface area contributed by atoms with Gasteiger partial charge in [0.1, 0.15) is 10.8 Å². The van der Waals surface area contributed by atoms with E-state index in [-0.39, 0.29) is 28.8 Å². The number of rotatable bonds is 4. The topological polar surface area (TPSA) is 42.0 Å². The molecule has 0 saturated carbocycles. The fourth-order valence-corrected chi connectivity index (χ4v) is 1.49. The minimum Gasteiger partial charge on any atom is -0.351 e. The first kappa shape index (κ1) is 15.0. The van der Waals surface area contributed by atoms with Crippen molar-refractivity contribution in [1.29, 1.82) is 0 Å². The van der Waals surface area contributed by atoms with Crippen LogP contribution < -0.4 is 5.32 Å². The van der Waals surface area contributed by atoms with Gasteiger partial charge in [-0.15, -0.1) is 0 Å². The van der Waals surface area contributed by atoms with E-state index in [0.29, 0.717) is 0 Å². The molecule has 1 aromatic rings. The van der Waals surface area contributed by atoms with Gasteiger partial charge in [0.25, 0.3) is 5.91 Å². The SMILES string of the molecule is O=C(NCCCC(F)(F)F)c1nc(Cl)ccc1Cl. The molecule has 0 aliphatic rings. The van der Waals surface area contributed by atoms with Crippen molar-refractivity contribution >= 4 is 29.1 Å². The van der Waals surface area contributed by atoms with Crippen LogP contribution in [0.3, 0.4) is 0 Å². The molecule has 1 amide bonds. The molecule has 0 aliphatic carbocycles. The molecule has 0 unspecified atom stereocenters. The molecule has 0 aliphatic heterocycles. The van der Waals surface area contributed by atoms with Crippen LogP contribution in [-0.2, 0) is 0 Å². The van der Waals surface area contributed by atoms with E-state index >= 15 is 0 Å². The number of aromatic nitrogens is 1. The first-order valence-electron chi connectivity index (χ1n) is 4.96. The number of hydrogen-bond acceptors (Lipinski definition) is 2. The normalized spacial score (nSPS) is 11.4. The second-order valence-corrected chi connectivity index (χ2v) is 4.23. The third kappa shape index (κ3) is 5.10. The maximum absolute atomic E-state index is 11.9. The van der Waals surface area contributed by atoms with E-state index in [0.717, 1.165) is 0 Å². The van der Waals surface area contributed by atoms with Crippen molar-refractivity contribution < 1.29 is 18.0 Å². The zero-order chi connectivity index (χ0) is 13.8. The lowest BCUT2D eigenvalue weighted by atomic mass is 10.3. The number of nitrogens with zero attached hydrogens (tertiary/aromatic N) is 1. The van der Waals surface area contributed by atoms with Crippen molar-refractivity contribution in [2.75, 3.05) is 6.54 Å². The monoisotopic (exact) mass is 300 g/mol. The minimum absolute atomic E-state index is 0.0832. The van der Waals surface area contributed by atoms with Gasteiger partial charge in [-0.05, 0) is 18.6 Å². The van der Waals surface area contributed by atoms with Crippen LogP contribution in [0, 0.1) is 0 Å². The summed E-state index contributed by atoms with van der Waals surface area (Å²) in [5.41, 5.74) is -0.101. The fraction of sp³-hybridized carbons (Fsp3) is 0.400. The second-order valence-electron chi connectivity index (χ2n) is 3.44. The van der Waals surface area contributed by atoms with E-state index in [2.05, 4.69) is 10.3 Å². The highest BCUT2D eigenvalue weighted by atomic mass is 35.5. The molecule has 0 atom stereocenters. The Morgan fingerprint density at radius 3 is 2.61 bits per heavy atom. The highest BCUT2D eigenvalue weighted by Crippen LogP contribution is 2.21. The third-order valence-electron chi connectivity index (χ3n) is 1.95. The molecule has 1 rings (SSSR count). The smallest absolute Gasteiger partial charge is 0.351 e. The largest absolute Gasteiger partial charge is 0.389 e. The Morgan fingerprint density at radius 1 is 1.33 bits per heavy atom. The molecule has 8 heteroatoms. The summed E-state index contributed by atoms with van der Waals surface area (Å²) in [6.07, 6.45) is -5.38. The molecular weight excluding hydrogens is 292 g/mol. The van der Waals surface area contributed by atoms with Crippen LogP contribution in [0.15, 0.2) is 12.1 Å². The van der Waals surface area contributed by atoms with Crippen LogP contribution >= 0.6 is 23.2 Å². The molecule has 0 radical (unpaired) electrons. The van der Waals surface area contributed by atoms with Crippen LogP contribution in [-0.4, -0.2) is 23.6 Å². The Kier molecular flexibility index (Phi) is 5.22. The molecule has 0 fully saturated rings. The van der Waals surface area contributed by atoms with Gasteiger partial charge in [0.05, 0.1) is 5.02 Å². The molecule has 1 heterocycles. The van der Waals surface area contributed by atoms with Crippen molar-refractivity contribution in [2.24, 2.45) is 0 Å². The van der Waals surface area contributed by atoms with E-state index in [1.165, 1.54) is 12.1 Å². The second kappa shape index (κ2) is 6.24. The Hall–Kier alpha value is -1.01. The Bertz CT molecular complexity index is 438. The molecule has 18 heavy (non-hydrogen) atoms. The molecule has 0 aromatic carbocycles. The molecule has 0 saturated heterocycles. The Labute approximate surface area is 111 Å². The zero-order valence-corrected chi connectivity index (χ0v) is 10.5. The maximum Gasteiger partial charge on any atom is 0.389 e. The summed E-state index contributed by atoms with van der Waals surface area (Å²) in [4.78, 5) is 15.2. The molecule has 0 spiro atoms. The van der Waals surface area contributed by atoms with E-state index in [9.17, 15) is 18.0 Å². The molecule has 100 valence electrons. The van der Waals surface area contributed by atoms with Crippen molar-refractivity contribution in [3.05, 3.63) is 28.0 Å². The number of amides is 1. The van der Waals surface area contributed by atoms with Gasteiger partial charge < -0.3 is 5.32 Å². The van der Waals surface area contributed by atoms with E-state index < -0.39 is 18.5 Å². The van der Waals surface area contributed by atoms with Crippen LogP contribution in [0.25, 0.3) is 0 Å². The summed E-state index contributed by atoms with van der Waals surface area (Å²) in [6, 6.07) is 2.80. The predicted molar refractivity (Wildman–Crippen MR) is 61.9 cm³/mol. The van der Waals surface area contributed by atoms with Crippen molar-refractivity contribution in [2.45, 2.75) is 19.0 Å². The summed E-state index contributed by atoms with van der Waals surface area (Å²) in [7, 11) is 0. The standard InChI is InChI=1S/C10H9Cl2F3N2O/c11-6-2-3-7(12)17-8(6)9(18)16-5-1-4-10(13,14)15/h2-3H,1,4-5H2,(H,16,18). The van der Waals surface area contributed by atoms with Crippen LogP contribution in [0.4, 0.5) is 13.2 Å². The molecule has 3 nitrogen and oxygen atoms in total. The lowest BCUT2D eigenvalue weighted by Crippen LogP contribution is -2.26. The third-order valence-corrected chi connectivity index (χ3v) is 2.47. The van der Waals surface area contributed by atoms with Gasteiger partial charge in [-0.25, -0.2) is 4.98 Å². The predicted octanol–water partition coefficient (Wildman–Crippen LogP) is 3.46. The lowest BCUT2D eigenvalue weighted by molar-refractivity contribution is -0.135. The van der Waals surface area contributed by atoms with Crippen molar-refractivity contribution in [3.8, 4) is 0 Å². The molecule has 0 bridgehead atoms. The van der Waals surface area contributed by atoms with Gasteiger partial charge in [0.2, 0.25) is 0 Å². The first-order chi connectivity index (χ1) is 8.29. The van der Waals surface area contributed by atoms with E-state index in [4.69, 9.17) is 23.2 Å². The van der Waals surface area contributed by atoms with Gasteiger partial charge in [0, 0.05) is 13.0 Å². The van der Waals surface area contributed by atoms with Crippen LogP contribution in [0.5, 0.6) is 0 Å².